The number of anilines is 1. The van der Waals surface area contributed by atoms with Crippen molar-refractivity contribution in [2.45, 2.75) is 64.5 Å². The monoisotopic (exact) mass is 520 g/mol. The van der Waals surface area contributed by atoms with Gasteiger partial charge in [0.25, 0.3) is 5.69 Å². The van der Waals surface area contributed by atoms with Crippen molar-refractivity contribution in [2.24, 2.45) is 0 Å². The molecule has 9 nitrogen and oxygen atoms in total. The van der Waals surface area contributed by atoms with Crippen LogP contribution in [0.5, 0.6) is 0 Å². The summed E-state index contributed by atoms with van der Waals surface area (Å²) in [5, 5.41) is 34.4. The molecule has 2 aromatic carbocycles. The molecule has 0 radical (unpaired) electrons. The molecule has 0 fully saturated rings. The highest BCUT2D eigenvalue weighted by atomic mass is 19.3. The van der Waals surface area contributed by atoms with E-state index in [1.54, 1.807) is 6.92 Å². The van der Waals surface area contributed by atoms with E-state index < -0.39 is 50.9 Å². The second kappa shape index (κ2) is 9.25. The Labute approximate surface area is 210 Å². The number of fused-ring (bicyclic) bond motifs is 1. The number of aliphatic hydroxyl groups is 1. The second-order valence-electron chi connectivity index (χ2n) is 9.90. The number of carboxylic acid groups (broad SMARTS) is 1. The fraction of sp³-hybridized carbons (Fsp3) is 0.400. The number of hydrogen-bond acceptors (Lipinski definition) is 7. The maximum atomic E-state index is 15.3. The van der Waals surface area contributed by atoms with Crippen LogP contribution >= 0.6 is 0 Å². The summed E-state index contributed by atoms with van der Waals surface area (Å²) in [6.07, 6.45) is 0. The Morgan fingerprint density at radius 1 is 1.14 bits per heavy atom. The van der Waals surface area contributed by atoms with Crippen LogP contribution < -0.4 is 5.32 Å². The predicted octanol–water partition coefficient (Wildman–Crippen LogP) is 5.38. The molecule has 0 aliphatic heterocycles. The summed E-state index contributed by atoms with van der Waals surface area (Å²) < 4.78 is 44.7. The highest BCUT2D eigenvalue weighted by Gasteiger charge is 2.49. The third-order valence-electron chi connectivity index (χ3n) is 6.28. The van der Waals surface area contributed by atoms with E-state index >= 15 is 4.39 Å². The molecule has 0 aliphatic rings. The van der Waals surface area contributed by atoms with Crippen LogP contribution in [0.3, 0.4) is 0 Å². The van der Waals surface area contributed by atoms with E-state index in [0.29, 0.717) is 0 Å². The molecule has 1 aromatic heterocycles. The van der Waals surface area contributed by atoms with Gasteiger partial charge in [-0.2, -0.15) is 8.78 Å². The largest absolute Gasteiger partial charge is 0.481 e. The third-order valence-corrected chi connectivity index (χ3v) is 6.28. The molecule has 12 heteroatoms. The van der Waals surface area contributed by atoms with Gasteiger partial charge in [-0.3, -0.25) is 14.9 Å². The van der Waals surface area contributed by atoms with Gasteiger partial charge in [-0.1, -0.05) is 12.1 Å². The first kappa shape index (κ1) is 27.8. The summed E-state index contributed by atoms with van der Waals surface area (Å²) in [7, 11) is 0. The summed E-state index contributed by atoms with van der Waals surface area (Å²) in [6, 6.07) is 4.92. The number of rotatable bonds is 8. The lowest BCUT2D eigenvalue weighted by Crippen LogP contribution is -2.41. The van der Waals surface area contributed by atoms with Gasteiger partial charge in [-0.25, -0.2) is 14.4 Å². The van der Waals surface area contributed by atoms with E-state index in [1.165, 1.54) is 39.0 Å². The van der Waals surface area contributed by atoms with E-state index in [0.717, 1.165) is 26.0 Å². The van der Waals surface area contributed by atoms with Gasteiger partial charge in [0.15, 0.2) is 0 Å². The van der Waals surface area contributed by atoms with Gasteiger partial charge in [-0.15, -0.1) is 0 Å². The van der Waals surface area contributed by atoms with E-state index in [2.05, 4.69) is 15.3 Å². The number of aryl methyl sites for hydroxylation is 1. The molecule has 0 aliphatic carbocycles. The van der Waals surface area contributed by atoms with Crippen LogP contribution in [0.4, 0.5) is 24.7 Å². The molecule has 198 valence electrons. The minimum Gasteiger partial charge on any atom is -0.481 e. The summed E-state index contributed by atoms with van der Waals surface area (Å²) in [4.78, 5) is 31.4. The zero-order valence-corrected chi connectivity index (χ0v) is 21.1. The molecule has 0 amide bonds. The fourth-order valence-corrected chi connectivity index (χ4v) is 3.90. The maximum absolute atomic E-state index is 15.3. The van der Waals surface area contributed by atoms with Gasteiger partial charge in [0, 0.05) is 22.6 Å². The summed E-state index contributed by atoms with van der Waals surface area (Å²) >= 11 is 0. The van der Waals surface area contributed by atoms with Gasteiger partial charge in [0.05, 0.1) is 27.5 Å². The zero-order valence-electron chi connectivity index (χ0n) is 21.1. The van der Waals surface area contributed by atoms with Gasteiger partial charge in [0.2, 0.25) is 0 Å². The van der Waals surface area contributed by atoms with Crippen molar-refractivity contribution in [3.8, 4) is 0 Å². The first-order chi connectivity index (χ1) is 16.9. The number of nitro benzene ring substituents is 1. The number of halogens is 3. The topological polar surface area (TPSA) is 138 Å². The number of aromatic nitrogens is 2. The number of carboxylic acids is 1. The third kappa shape index (κ3) is 4.93. The van der Waals surface area contributed by atoms with E-state index in [-0.39, 0.29) is 33.7 Å². The molecule has 0 spiro atoms. The Morgan fingerprint density at radius 2 is 1.76 bits per heavy atom. The molecule has 0 saturated heterocycles. The average molecular weight is 521 g/mol. The Morgan fingerprint density at radius 3 is 2.30 bits per heavy atom. The second-order valence-corrected chi connectivity index (χ2v) is 9.90. The fourth-order valence-electron chi connectivity index (χ4n) is 3.90. The molecule has 3 N–H and O–H groups in total. The number of nitrogens with zero attached hydrogens (tertiary/aromatic N) is 3. The highest BCUT2D eigenvalue weighted by Crippen LogP contribution is 2.42. The van der Waals surface area contributed by atoms with Crippen molar-refractivity contribution in [3.63, 3.8) is 0 Å². The molecular weight excluding hydrogens is 493 g/mol. The van der Waals surface area contributed by atoms with Crippen LogP contribution in [0.2, 0.25) is 0 Å². The van der Waals surface area contributed by atoms with E-state index in [9.17, 15) is 33.9 Å². The van der Waals surface area contributed by atoms with Crippen molar-refractivity contribution >= 4 is 28.4 Å². The van der Waals surface area contributed by atoms with Crippen molar-refractivity contribution in [1.82, 2.24) is 9.97 Å². The van der Waals surface area contributed by atoms with Crippen molar-refractivity contribution in [3.05, 3.63) is 68.8 Å². The number of alkyl halides is 2. The van der Waals surface area contributed by atoms with E-state index in [4.69, 9.17) is 0 Å². The molecule has 3 aromatic rings. The Balaban J connectivity index is 2.16. The van der Waals surface area contributed by atoms with Gasteiger partial charge in [0.1, 0.15) is 23.1 Å². The number of nitrogens with one attached hydrogen (secondary N) is 1. The van der Waals surface area contributed by atoms with Crippen molar-refractivity contribution in [1.29, 1.82) is 0 Å². The van der Waals surface area contributed by atoms with Gasteiger partial charge >= 0.3 is 11.9 Å². The highest BCUT2D eigenvalue weighted by molar-refractivity contribution is 5.94. The minimum absolute atomic E-state index is 0.0665. The van der Waals surface area contributed by atoms with Crippen LogP contribution in [-0.4, -0.2) is 36.7 Å². The zero-order chi connectivity index (χ0) is 28.1. The lowest BCUT2D eigenvalue weighted by Gasteiger charge is -2.30. The van der Waals surface area contributed by atoms with Gasteiger partial charge < -0.3 is 15.5 Å². The molecule has 0 saturated carbocycles. The van der Waals surface area contributed by atoms with E-state index in [1.807, 2.05) is 0 Å². The SMILES string of the molecule is Cc1nc(NC(C)c2cccc(C(F)(F)C(C)(C)O)c2F)c2cc([N+](=O)[O-])c(C(C)(C)C(=O)O)cc2n1. The minimum atomic E-state index is -3.89. The molecule has 3 rings (SSSR count). The Hall–Kier alpha value is -3.80. The lowest BCUT2D eigenvalue weighted by molar-refractivity contribution is -0.385. The summed E-state index contributed by atoms with van der Waals surface area (Å²) in [5.41, 5.74) is -5.59. The van der Waals surface area contributed by atoms with Crippen molar-refractivity contribution in [2.75, 3.05) is 5.32 Å². The van der Waals surface area contributed by atoms with Gasteiger partial charge in [-0.05, 0) is 53.7 Å². The molecule has 0 bridgehead atoms. The number of benzene rings is 2. The number of hydrogen-bond donors (Lipinski definition) is 3. The van der Waals surface area contributed by atoms with Crippen LogP contribution in [-0.2, 0) is 16.1 Å². The quantitative estimate of drug-likeness (QED) is 0.266. The first-order valence-electron chi connectivity index (χ1n) is 11.3. The number of aliphatic carboxylic acids is 1. The van der Waals surface area contributed by atoms with Crippen LogP contribution in [0, 0.1) is 22.9 Å². The average Bonchev–Trinajstić information content (AvgIpc) is 2.77. The standard InChI is InChI=1S/C25H27F3N4O5/c1-12(14-8-7-9-16(20(14)26)25(27,28)24(5,6)35)29-21-15-10-19(32(36)37)17(23(3,4)22(33)34)11-18(15)30-13(2)31-21/h7-12,35H,1-6H3,(H,33,34)(H,29,30,31). The maximum Gasteiger partial charge on any atom is 0.313 e. The summed E-state index contributed by atoms with van der Waals surface area (Å²) in [6.45, 7) is 7.45. The molecule has 1 heterocycles. The molecular formula is C25H27F3N4O5. The van der Waals surface area contributed by atoms with Crippen molar-refractivity contribution < 1.29 is 33.1 Å². The Bertz CT molecular complexity index is 1400. The molecule has 1 unspecified atom stereocenters. The molecule has 1 atom stereocenters. The van der Waals surface area contributed by atoms with Crippen LogP contribution in [0.15, 0.2) is 30.3 Å². The molecule has 37 heavy (non-hydrogen) atoms. The number of carbonyl (C=O) groups is 1. The first-order valence-corrected chi connectivity index (χ1v) is 11.3. The smallest absolute Gasteiger partial charge is 0.313 e. The normalized spacial score (nSPS) is 13.5. The van der Waals surface area contributed by atoms with Crippen LogP contribution in [0.1, 0.15) is 63.2 Å². The summed E-state index contributed by atoms with van der Waals surface area (Å²) in [5.74, 6) is -6.08. The number of nitro groups is 1. The lowest BCUT2D eigenvalue weighted by atomic mass is 9.83. The Kier molecular flexibility index (Phi) is 6.95. The predicted molar refractivity (Wildman–Crippen MR) is 130 cm³/mol. The van der Waals surface area contributed by atoms with Crippen LogP contribution in [0.25, 0.3) is 10.9 Å².